The predicted octanol–water partition coefficient (Wildman–Crippen LogP) is 3.08. The fraction of sp³-hybridized carbons (Fsp3) is 0.607. The standard InChI is InChI=1S/C28H40N4O5/c1-2-3-13-31(14-5-4-11-29)26(33)19-32-18-22(20-6-8-24-21(17-20)10-15-36-24)27(28(34)35)23(32)7-9-25-30-12-16-37-25/h6,8,12,16-17,22-23,27H,2-5,7,9-11,13-15,18-19,29H2,1H3,(H,34,35). The molecule has 3 heterocycles. The third-order valence-electron chi connectivity index (χ3n) is 7.67. The van der Waals surface area contributed by atoms with Crippen molar-refractivity contribution >= 4 is 11.9 Å². The smallest absolute Gasteiger partial charge is 0.308 e. The van der Waals surface area contributed by atoms with Gasteiger partial charge in [-0.15, -0.1) is 0 Å². The van der Waals surface area contributed by atoms with Gasteiger partial charge in [-0.25, -0.2) is 4.98 Å². The van der Waals surface area contributed by atoms with Crippen LogP contribution >= 0.6 is 0 Å². The Balaban J connectivity index is 1.56. The van der Waals surface area contributed by atoms with Gasteiger partial charge in [0.05, 0.1) is 25.3 Å². The van der Waals surface area contributed by atoms with E-state index >= 15 is 0 Å². The summed E-state index contributed by atoms with van der Waals surface area (Å²) in [6, 6.07) is 5.73. The first-order valence-corrected chi connectivity index (χ1v) is 13.6. The van der Waals surface area contributed by atoms with Crippen LogP contribution in [0.3, 0.4) is 0 Å². The molecule has 2 aromatic rings. The number of aliphatic carboxylic acids is 1. The van der Waals surface area contributed by atoms with Crippen molar-refractivity contribution in [1.29, 1.82) is 0 Å². The number of unbranched alkanes of at least 4 members (excludes halogenated alkanes) is 2. The van der Waals surface area contributed by atoms with E-state index in [0.717, 1.165) is 49.0 Å². The summed E-state index contributed by atoms with van der Waals surface area (Å²) in [7, 11) is 0. The highest BCUT2D eigenvalue weighted by molar-refractivity contribution is 5.79. The molecule has 3 unspecified atom stereocenters. The van der Waals surface area contributed by atoms with Gasteiger partial charge in [-0.1, -0.05) is 25.5 Å². The van der Waals surface area contributed by atoms with Crippen LogP contribution in [0.25, 0.3) is 0 Å². The molecule has 4 rings (SSSR count). The number of aryl methyl sites for hydroxylation is 1. The number of ether oxygens (including phenoxy) is 1. The lowest BCUT2D eigenvalue weighted by atomic mass is 9.83. The number of carbonyl (C=O) groups excluding carboxylic acids is 1. The van der Waals surface area contributed by atoms with Gasteiger partial charge in [-0.2, -0.15) is 0 Å². The SMILES string of the molecule is CCCCN(CCCCN)C(=O)CN1CC(c2ccc3c(c2)CCO3)C(C(=O)O)C1CCc1ncco1. The molecule has 1 aromatic carbocycles. The number of benzene rings is 1. The number of hydrogen-bond donors (Lipinski definition) is 2. The Morgan fingerprint density at radius 2 is 2.08 bits per heavy atom. The van der Waals surface area contributed by atoms with Crippen LogP contribution < -0.4 is 10.5 Å². The van der Waals surface area contributed by atoms with Crippen LogP contribution in [-0.2, 0) is 22.4 Å². The van der Waals surface area contributed by atoms with Gasteiger partial charge in [0.15, 0.2) is 5.89 Å². The van der Waals surface area contributed by atoms with E-state index in [4.69, 9.17) is 14.9 Å². The maximum absolute atomic E-state index is 13.5. The lowest BCUT2D eigenvalue weighted by Gasteiger charge is -2.29. The highest BCUT2D eigenvalue weighted by Crippen LogP contribution is 2.41. The number of carbonyl (C=O) groups is 2. The Morgan fingerprint density at radius 3 is 2.81 bits per heavy atom. The minimum Gasteiger partial charge on any atom is -0.493 e. The quantitative estimate of drug-likeness (QED) is 0.370. The molecule has 3 atom stereocenters. The van der Waals surface area contributed by atoms with Crippen LogP contribution in [0.1, 0.15) is 62.0 Å². The number of amides is 1. The van der Waals surface area contributed by atoms with Crippen molar-refractivity contribution in [3.8, 4) is 5.75 Å². The Hall–Kier alpha value is -2.91. The minimum atomic E-state index is -0.833. The molecule has 2 aliphatic heterocycles. The number of likely N-dealkylation sites (tertiary alicyclic amines) is 1. The fourth-order valence-corrected chi connectivity index (χ4v) is 5.71. The number of aromatic nitrogens is 1. The topological polar surface area (TPSA) is 122 Å². The average molecular weight is 513 g/mol. The third-order valence-corrected chi connectivity index (χ3v) is 7.67. The second kappa shape index (κ2) is 13.1. The number of fused-ring (bicyclic) bond motifs is 1. The van der Waals surface area contributed by atoms with Gasteiger partial charge in [0.2, 0.25) is 5.91 Å². The summed E-state index contributed by atoms with van der Waals surface area (Å²) in [4.78, 5) is 34.4. The fourth-order valence-electron chi connectivity index (χ4n) is 5.71. The van der Waals surface area contributed by atoms with Crippen LogP contribution in [-0.4, -0.2) is 77.1 Å². The molecule has 0 aliphatic carbocycles. The zero-order valence-electron chi connectivity index (χ0n) is 21.8. The van der Waals surface area contributed by atoms with E-state index in [-0.39, 0.29) is 24.4 Å². The third kappa shape index (κ3) is 6.70. The zero-order chi connectivity index (χ0) is 26.2. The van der Waals surface area contributed by atoms with E-state index in [1.807, 2.05) is 17.0 Å². The Labute approximate surface area is 219 Å². The Kier molecular flexibility index (Phi) is 9.57. The molecule has 1 amide bonds. The predicted molar refractivity (Wildman–Crippen MR) is 139 cm³/mol. The molecule has 2 aliphatic rings. The van der Waals surface area contributed by atoms with Crippen LogP contribution in [0, 0.1) is 5.92 Å². The van der Waals surface area contributed by atoms with Crippen LogP contribution in [0.4, 0.5) is 0 Å². The van der Waals surface area contributed by atoms with Gasteiger partial charge in [0.25, 0.3) is 0 Å². The number of rotatable bonds is 14. The van der Waals surface area contributed by atoms with E-state index in [1.54, 1.807) is 6.20 Å². The van der Waals surface area contributed by atoms with Gasteiger partial charge in [0, 0.05) is 44.4 Å². The number of carboxylic acids is 1. The molecular formula is C28H40N4O5. The van der Waals surface area contributed by atoms with Gasteiger partial charge < -0.3 is 24.9 Å². The first-order valence-electron chi connectivity index (χ1n) is 13.6. The van der Waals surface area contributed by atoms with E-state index < -0.39 is 11.9 Å². The largest absolute Gasteiger partial charge is 0.493 e. The molecule has 1 aromatic heterocycles. The summed E-state index contributed by atoms with van der Waals surface area (Å²) in [6.45, 7) is 5.50. The first-order chi connectivity index (χ1) is 18.0. The molecule has 0 spiro atoms. The lowest BCUT2D eigenvalue weighted by Crippen LogP contribution is -2.45. The van der Waals surface area contributed by atoms with Crippen molar-refractivity contribution in [2.45, 2.75) is 63.8 Å². The average Bonchev–Trinajstić information content (AvgIpc) is 3.64. The van der Waals surface area contributed by atoms with Crippen molar-refractivity contribution in [1.82, 2.24) is 14.8 Å². The Morgan fingerprint density at radius 1 is 1.24 bits per heavy atom. The summed E-state index contributed by atoms with van der Waals surface area (Å²) in [5.41, 5.74) is 7.80. The van der Waals surface area contributed by atoms with Gasteiger partial charge in [0.1, 0.15) is 12.0 Å². The van der Waals surface area contributed by atoms with Crippen LogP contribution in [0.5, 0.6) is 5.75 Å². The summed E-state index contributed by atoms with van der Waals surface area (Å²) in [5, 5.41) is 10.4. The molecular weight excluding hydrogens is 472 g/mol. The summed E-state index contributed by atoms with van der Waals surface area (Å²) in [6.07, 6.45) is 8.74. The molecule has 0 saturated carbocycles. The van der Waals surface area contributed by atoms with Crippen molar-refractivity contribution in [2.75, 3.05) is 39.3 Å². The molecule has 3 N–H and O–H groups in total. The van der Waals surface area contributed by atoms with Crippen molar-refractivity contribution < 1.29 is 23.8 Å². The summed E-state index contributed by atoms with van der Waals surface area (Å²) < 4.78 is 11.1. The first kappa shape index (κ1) is 27.1. The molecule has 37 heavy (non-hydrogen) atoms. The monoisotopic (exact) mass is 512 g/mol. The molecule has 1 fully saturated rings. The normalized spacial score (nSPS) is 21.1. The summed E-state index contributed by atoms with van der Waals surface area (Å²) in [5.74, 6) is -0.166. The maximum atomic E-state index is 13.5. The second-order valence-corrected chi connectivity index (χ2v) is 10.1. The van der Waals surface area contributed by atoms with E-state index in [0.29, 0.717) is 51.5 Å². The van der Waals surface area contributed by atoms with E-state index in [9.17, 15) is 14.7 Å². The van der Waals surface area contributed by atoms with Crippen LogP contribution in [0.2, 0.25) is 0 Å². The number of carboxylic acid groups (broad SMARTS) is 1. The lowest BCUT2D eigenvalue weighted by molar-refractivity contribution is -0.143. The molecule has 9 nitrogen and oxygen atoms in total. The molecule has 0 bridgehead atoms. The zero-order valence-corrected chi connectivity index (χ0v) is 21.8. The number of hydrogen-bond acceptors (Lipinski definition) is 7. The van der Waals surface area contributed by atoms with Gasteiger partial charge >= 0.3 is 5.97 Å². The van der Waals surface area contributed by atoms with E-state index in [2.05, 4.69) is 22.9 Å². The molecule has 9 heteroatoms. The second-order valence-electron chi connectivity index (χ2n) is 10.1. The van der Waals surface area contributed by atoms with E-state index in [1.165, 1.54) is 6.26 Å². The maximum Gasteiger partial charge on any atom is 0.308 e. The summed E-state index contributed by atoms with van der Waals surface area (Å²) >= 11 is 0. The Bertz CT molecular complexity index is 1030. The number of nitrogens with zero attached hydrogens (tertiary/aromatic N) is 3. The van der Waals surface area contributed by atoms with Gasteiger partial charge in [-0.3, -0.25) is 14.5 Å². The minimum absolute atomic E-state index is 0.0544. The highest BCUT2D eigenvalue weighted by Gasteiger charge is 2.47. The molecule has 0 radical (unpaired) electrons. The number of oxazole rings is 1. The molecule has 1 saturated heterocycles. The van der Waals surface area contributed by atoms with Gasteiger partial charge in [-0.05, 0) is 49.4 Å². The number of nitrogens with two attached hydrogens (primary N) is 1. The van der Waals surface area contributed by atoms with Crippen LogP contribution in [0.15, 0.2) is 35.1 Å². The highest BCUT2D eigenvalue weighted by atomic mass is 16.5. The molecule has 202 valence electrons. The van der Waals surface area contributed by atoms with Crippen molar-refractivity contribution in [2.24, 2.45) is 11.7 Å². The van der Waals surface area contributed by atoms with Crippen molar-refractivity contribution in [3.05, 3.63) is 47.7 Å². The van der Waals surface area contributed by atoms with Crippen molar-refractivity contribution in [3.63, 3.8) is 0 Å².